The van der Waals surface area contributed by atoms with Gasteiger partial charge in [-0.15, -0.1) is 0 Å². The van der Waals surface area contributed by atoms with Crippen LogP contribution in [-0.4, -0.2) is 0 Å². The van der Waals surface area contributed by atoms with Crippen LogP contribution in [-0.2, 0) is 0 Å². The first-order valence-electron chi connectivity index (χ1n) is 10.4. The minimum absolute atomic E-state index is 0.0364. The third-order valence-corrected chi connectivity index (χ3v) is 6.75. The summed E-state index contributed by atoms with van der Waals surface area (Å²) in [5.41, 5.74) is 0.531. The molecule has 3 heteroatoms. The number of allylic oxidation sites excluding steroid dienone is 1. The molecule has 0 heterocycles. The van der Waals surface area contributed by atoms with E-state index in [1.54, 1.807) is 25.1 Å². The Labute approximate surface area is 156 Å². The van der Waals surface area contributed by atoms with Crippen LogP contribution in [0, 0.1) is 29.4 Å². The number of ether oxygens (including phenoxy) is 1. The first kappa shape index (κ1) is 19.4. The van der Waals surface area contributed by atoms with Crippen molar-refractivity contribution in [2.45, 2.75) is 77.6 Å². The number of rotatable bonds is 5. The van der Waals surface area contributed by atoms with Gasteiger partial charge in [-0.3, -0.25) is 0 Å². The van der Waals surface area contributed by atoms with E-state index in [4.69, 9.17) is 4.74 Å². The van der Waals surface area contributed by atoms with Crippen LogP contribution in [0.5, 0.6) is 5.75 Å². The molecule has 1 aromatic rings. The average molecular weight is 363 g/mol. The van der Waals surface area contributed by atoms with Gasteiger partial charge in [0.1, 0.15) is 0 Å². The SMILES string of the molecule is C/C=C/Oc1ccc(C2CCC(C3CCC(CC)CC3)CC2)c(F)c1F. The Morgan fingerprint density at radius 2 is 1.54 bits per heavy atom. The normalized spacial score (nSPS) is 29.8. The van der Waals surface area contributed by atoms with E-state index in [1.807, 2.05) is 0 Å². The lowest BCUT2D eigenvalue weighted by molar-refractivity contribution is 0.158. The van der Waals surface area contributed by atoms with Crippen LogP contribution in [0.2, 0.25) is 0 Å². The first-order valence-corrected chi connectivity index (χ1v) is 10.4. The summed E-state index contributed by atoms with van der Waals surface area (Å²) in [5.74, 6) is 1.10. The van der Waals surface area contributed by atoms with Crippen LogP contribution < -0.4 is 4.74 Å². The molecule has 3 rings (SSSR count). The number of halogens is 2. The Bertz CT molecular complexity index is 609. The molecule has 2 aliphatic rings. The Kier molecular flexibility index (Phi) is 6.72. The summed E-state index contributed by atoms with van der Waals surface area (Å²) in [6.45, 7) is 4.08. The fourth-order valence-corrected chi connectivity index (χ4v) is 5.06. The smallest absolute Gasteiger partial charge is 0.201 e. The van der Waals surface area contributed by atoms with Gasteiger partial charge in [-0.1, -0.05) is 38.3 Å². The summed E-state index contributed by atoms with van der Waals surface area (Å²) in [7, 11) is 0. The maximum absolute atomic E-state index is 14.5. The van der Waals surface area contributed by atoms with Crippen molar-refractivity contribution in [2.24, 2.45) is 17.8 Å². The lowest BCUT2D eigenvalue weighted by Gasteiger charge is -2.38. The molecule has 0 amide bonds. The molecule has 1 aromatic carbocycles. The molecule has 0 unspecified atom stereocenters. The zero-order valence-corrected chi connectivity index (χ0v) is 16.1. The molecule has 144 valence electrons. The van der Waals surface area contributed by atoms with Gasteiger partial charge in [-0.25, -0.2) is 4.39 Å². The number of hydrogen-bond acceptors (Lipinski definition) is 1. The van der Waals surface area contributed by atoms with Crippen molar-refractivity contribution in [1.82, 2.24) is 0 Å². The van der Waals surface area contributed by atoms with Crippen molar-refractivity contribution in [3.05, 3.63) is 41.7 Å². The third-order valence-electron chi connectivity index (χ3n) is 6.75. The lowest BCUT2D eigenvalue weighted by Crippen LogP contribution is -2.25. The van der Waals surface area contributed by atoms with E-state index in [9.17, 15) is 8.78 Å². The molecule has 2 aliphatic carbocycles. The van der Waals surface area contributed by atoms with Crippen LogP contribution in [0.3, 0.4) is 0 Å². The average Bonchev–Trinajstić information content (AvgIpc) is 2.69. The van der Waals surface area contributed by atoms with Gasteiger partial charge in [-0.2, -0.15) is 4.39 Å². The van der Waals surface area contributed by atoms with Crippen molar-refractivity contribution < 1.29 is 13.5 Å². The van der Waals surface area contributed by atoms with Gasteiger partial charge < -0.3 is 4.74 Å². The second kappa shape index (κ2) is 9.01. The van der Waals surface area contributed by atoms with Gasteiger partial charge in [0.15, 0.2) is 11.6 Å². The summed E-state index contributed by atoms with van der Waals surface area (Å²) in [6, 6.07) is 3.28. The fourth-order valence-electron chi connectivity index (χ4n) is 5.06. The lowest BCUT2D eigenvalue weighted by atomic mass is 9.68. The predicted molar refractivity (Wildman–Crippen MR) is 102 cm³/mol. The van der Waals surface area contributed by atoms with Crippen molar-refractivity contribution in [3.63, 3.8) is 0 Å². The van der Waals surface area contributed by atoms with Crippen LogP contribution >= 0.6 is 0 Å². The zero-order valence-electron chi connectivity index (χ0n) is 16.1. The molecule has 1 nitrogen and oxygen atoms in total. The molecule has 0 aliphatic heterocycles. The molecular formula is C23H32F2O. The highest BCUT2D eigenvalue weighted by Gasteiger charge is 2.32. The summed E-state index contributed by atoms with van der Waals surface area (Å²) >= 11 is 0. The maximum Gasteiger partial charge on any atom is 0.201 e. The largest absolute Gasteiger partial charge is 0.462 e. The predicted octanol–water partition coefficient (Wildman–Crippen LogP) is 7.37. The summed E-state index contributed by atoms with van der Waals surface area (Å²) in [4.78, 5) is 0. The van der Waals surface area contributed by atoms with Gasteiger partial charge >= 0.3 is 0 Å². The quantitative estimate of drug-likeness (QED) is 0.497. The molecule has 2 fully saturated rings. The monoisotopic (exact) mass is 362 g/mol. The van der Waals surface area contributed by atoms with E-state index < -0.39 is 11.6 Å². The molecular weight excluding hydrogens is 330 g/mol. The van der Waals surface area contributed by atoms with Crippen LogP contribution in [0.4, 0.5) is 8.78 Å². The highest BCUT2D eigenvalue weighted by molar-refractivity contribution is 5.33. The molecule has 0 atom stereocenters. The third kappa shape index (κ3) is 4.29. The first-order chi connectivity index (χ1) is 12.6. The van der Waals surface area contributed by atoms with Crippen molar-refractivity contribution in [3.8, 4) is 5.75 Å². The zero-order chi connectivity index (χ0) is 18.5. The van der Waals surface area contributed by atoms with E-state index in [0.717, 1.165) is 43.4 Å². The topological polar surface area (TPSA) is 9.23 Å². The molecule has 0 spiro atoms. The fraction of sp³-hybridized carbons (Fsp3) is 0.652. The van der Waals surface area contributed by atoms with E-state index >= 15 is 0 Å². The highest BCUT2D eigenvalue weighted by atomic mass is 19.2. The van der Waals surface area contributed by atoms with Gasteiger partial charge in [0.2, 0.25) is 5.82 Å². The Morgan fingerprint density at radius 3 is 2.12 bits per heavy atom. The minimum Gasteiger partial charge on any atom is -0.462 e. The second-order valence-electron chi connectivity index (χ2n) is 8.17. The Morgan fingerprint density at radius 1 is 0.923 bits per heavy atom. The van der Waals surface area contributed by atoms with Crippen molar-refractivity contribution in [2.75, 3.05) is 0 Å². The van der Waals surface area contributed by atoms with Gasteiger partial charge in [0.05, 0.1) is 6.26 Å². The Hall–Kier alpha value is -1.38. The number of hydrogen-bond donors (Lipinski definition) is 0. The molecule has 0 radical (unpaired) electrons. The minimum atomic E-state index is -0.861. The van der Waals surface area contributed by atoms with Crippen molar-refractivity contribution >= 4 is 0 Å². The van der Waals surface area contributed by atoms with E-state index in [1.165, 1.54) is 38.4 Å². The molecule has 2 saturated carbocycles. The summed E-state index contributed by atoms with van der Waals surface area (Å²) < 4.78 is 33.9. The summed E-state index contributed by atoms with van der Waals surface area (Å²) in [5, 5.41) is 0. The van der Waals surface area contributed by atoms with Crippen molar-refractivity contribution in [1.29, 1.82) is 0 Å². The Balaban J connectivity index is 1.59. The van der Waals surface area contributed by atoms with Crippen LogP contribution in [0.25, 0.3) is 0 Å². The van der Waals surface area contributed by atoms with E-state index in [0.29, 0.717) is 5.56 Å². The number of benzene rings is 1. The van der Waals surface area contributed by atoms with Gasteiger partial charge in [0, 0.05) is 0 Å². The molecule has 0 bridgehead atoms. The van der Waals surface area contributed by atoms with E-state index in [-0.39, 0.29) is 11.7 Å². The molecule has 0 N–H and O–H groups in total. The highest BCUT2D eigenvalue weighted by Crippen LogP contribution is 2.45. The molecule has 26 heavy (non-hydrogen) atoms. The molecule has 0 aromatic heterocycles. The van der Waals surface area contributed by atoms with Gasteiger partial charge in [-0.05, 0) is 80.8 Å². The summed E-state index contributed by atoms with van der Waals surface area (Å²) in [6.07, 6.45) is 14.1. The molecule has 0 saturated heterocycles. The maximum atomic E-state index is 14.5. The second-order valence-corrected chi connectivity index (χ2v) is 8.17. The van der Waals surface area contributed by atoms with E-state index in [2.05, 4.69) is 6.92 Å². The van der Waals surface area contributed by atoms with Gasteiger partial charge in [0.25, 0.3) is 0 Å². The van der Waals surface area contributed by atoms with Crippen LogP contribution in [0.15, 0.2) is 24.5 Å². The standard InChI is InChI=1S/C23H32F2O/c1-3-15-26-21-14-13-20(22(24)23(21)25)19-11-9-18(10-12-19)17-7-5-16(4-2)6-8-17/h3,13-19H,4-12H2,1-2H3/b15-3+. The van der Waals surface area contributed by atoms with Crippen LogP contribution in [0.1, 0.15) is 83.1 Å².